The van der Waals surface area contributed by atoms with Gasteiger partial charge in [0.05, 0.1) is 6.04 Å². The Morgan fingerprint density at radius 2 is 2.22 bits per heavy atom. The first-order chi connectivity index (χ1) is 8.56. The molecule has 100 valence electrons. The summed E-state index contributed by atoms with van der Waals surface area (Å²) in [4.78, 5) is 13.6. The second kappa shape index (κ2) is 7.39. The summed E-state index contributed by atoms with van der Waals surface area (Å²) < 4.78 is 5.26. The Balaban J connectivity index is 2.60. The van der Waals surface area contributed by atoms with Gasteiger partial charge in [0.1, 0.15) is 6.61 Å². The van der Waals surface area contributed by atoms with Crippen LogP contribution < -0.4 is 0 Å². The molecule has 0 spiro atoms. The minimum absolute atomic E-state index is 0.0126. The molecule has 0 aromatic heterocycles. The van der Waals surface area contributed by atoms with Crippen molar-refractivity contribution in [3.8, 4) is 0 Å². The van der Waals surface area contributed by atoms with Gasteiger partial charge < -0.3 is 9.64 Å². The summed E-state index contributed by atoms with van der Waals surface area (Å²) >= 11 is 5.95. The maximum absolute atomic E-state index is 11.9. The molecule has 0 fully saturated rings. The van der Waals surface area contributed by atoms with Crippen molar-refractivity contribution in [3.63, 3.8) is 0 Å². The van der Waals surface area contributed by atoms with Crippen molar-refractivity contribution in [3.05, 3.63) is 34.9 Å². The largest absolute Gasteiger partial charge is 0.372 e. The third-order valence-corrected chi connectivity index (χ3v) is 3.11. The smallest absolute Gasteiger partial charge is 0.248 e. The van der Waals surface area contributed by atoms with E-state index in [1.807, 2.05) is 38.1 Å². The molecule has 1 amide bonds. The zero-order valence-electron chi connectivity index (χ0n) is 11.1. The van der Waals surface area contributed by atoms with Gasteiger partial charge in [0.25, 0.3) is 0 Å². The van der Waals surface area contributed by atoms with Crippen molar-refractivity contribution in [2.24, 2.45) is 0 Å². The van der Waals surface area contributed by atoms with E-state index in [-0.39, 0.29) is 18.6 Å². The summed E-state index contributed by atoms with van der Waals surface area (Å²) in [5.41, 5.74) is 1.02. The Bertz CT molecular complexity index is 395. The third-order valence-electron chi connectivity index (χ3n) is 2.88. The average Bonchev–Trinajstić information content (AvgIpc) is 2.37. The summed E-state index contributed by atoms with van der Waals surface area (Å²) in [7, 11) is 1.78. The predicted octanol–water partition coefficient (Wildman–Crippen LogP) is 3.29. The van der Waals surface area contributed by atoms with Crippen LogP contribution in [0.25, 0.3) is 0 Å². The van der Waals surface area contributed by atoms with Crippen molar-refractivity contribution < 1.29 is 9.53 Å². The van der Waals surface area contributed by atoms with Crippen molar-refractivity contribution in [2.45, 2.75) is 26.3 Å². The number of carbonyl (C=O) groups excluding carboxylic acids is 1. The van der Waals surface area contributed by atoms with Crippen LogP contribution in [0.5, 0.6) is 0 Å². The number of rotatable bonds is 6. The van der Waals surface area contributed by atoms with Crippen LogP contribution in [0.1, 0.15) is 31.9 Å². The van der Waals surface area contributed by atoms with Crippen LogP contribution in [0.2, 0.25) is 5.02 Å². The van der Waals surface area contributed by atoms with E-state index in [1.165, 1.54) is 0 Å². The van der Waals surface area contributed by atoms with E-state index in [9.17, 15) is 4.79 Å². The zero-order valence-corrected chi connectivity index (χ0v) is 11.9. The number of halogens is 1. The van der Waals surface area contributed by atoms with Crippen LogP contribution in [0.4, 0.5) is 0 Å². The van der Waals surface area contributed by atoms with Crippen molar-refractivity contribution in [1.29, 1.82) is 0 Å². The molecule has 4 heteroatoms. The number of hydrogen-bond acceptors (Lipinski definition) is 2. The van der Waals surface area contributed by atoms with Gasteiger partial charge in [0, 0.05) is 18.7 Å². The van der Waals surface area contributed by atoms with Gasteiger partial charge >= 0.3 is 0 Å². The van der Waals surface area contributed by atoms with Gasteiger partial charge in [-0.1, -0.05) is 30.7 Å². The van der Waals surface area contributed by atoms with Gasteiger partial charge in [-0.15, -0.1) is 0 Å². The summed E-state index contributed by atoms with van der Waals surface area (Å²) in [5.74, 6) is -0.0177. The van der Waals surface area contributed by atoms with Gasteiger partial charge in [-0.2, -0.15) is 0 Å². The number of ether oxygens (including phenoxy) is 1. The van der Waals surface area contributed by atoms with E-state index < -0.39 is 0 Å². The molecule has 1 rings (SSSR count). The molecule has 0 N–H and O–H groups in total. The molecule has 3 nitrogen and oxygen atoms in total. The number of amides is 1. The van der Waals surface area contributed by atoms with Crippen molar-refractivity contribution >= 4 is 17.5 Å². The van der Waals surface area contributed by atoms with Gasteiger partial charge in [-0.05, 0) is 31.0 Å². The Hall–Kier alpha value is -1.06. The van der Waals surface area contributed by atoms with Crippen LogP contribution >= 0.6 is 11.6 Å². The minimum Gasteiger partial charge on any atom is -0.372 e. The van der Waals surface area contributed by atoms with Crippen LogP contribution in [0.15, 0.2) is 24.3 Å². The topological polar surface area (TPSA) is 29.5 Å². The molecule has 1 aromatic rings. The monoisotopic (exact) mass is 269 g/mol. The molecule has 0 heterocycles. The van der Waals surface area contributed by atoms with Crippen LogP contribution in [-0.4, -0.2) is 31.1 Å². The molecule has 0 bridgehead atoms. The number of benzene rings is 1. The molecule has 0 radical (unpaired) electrons. The molecule has 0 aliphatic carbocycles. The fourth-order valence-electron chi connectivity index (χ4n) is 1.61. The second-order valence-electron chi connectivity index (χ2n) is 4.29. The first-order valence-electron chi connectivity index (χ1n) is 6.15. The highest BCUT2D eigenvalue weighted by Gasteiger charge is 2.17. The maximum atomic E-state index is 11.9. The van der Waals surface area contributed by atoms with E-state index in [0.29, 0.717) is 11.6 Å². The molecule has 0 aliphatic heterocycles. The Morgan fingerprint density at radius 3 is 2.83 bits per heavy atom. The Labute approximate surface area is 114 Å². The number of carbonyl (C=O) groups is 1. The van der Waals surface area contributed by atoms with E-state index >= 15 is 0 Å². The lowest BCUT2D eigenvalue weighted by atomic mass is 10.1. The molecule has 0 saturated heterocycles. The normalized spacial score (nSPS) is 12.2. The quantitative estimate of drug-likeness (QED) is 0.742. The average molecular weight is 270 g/mol. The summed E-state index contributed by atoms with van der Waals surface area (Å²) in [5, 5.41) is 0.683. The third kappa shape index (κ3) is 4.31. The van der Waals surface area contributed by atoms with Gasteiger partial charge in [-0.25, -0.2) is 0 Å². The molecule has 18 heavy (non-hydrogen) atoms. The van der Waals surface area contributed by atoms with Gasteiger partial charge in [-0.3, -0.25) is 4.79 Å². The summed E-state index contributed by atoms with van der Waals surface area (Å²) in [6.07, 6.45) is 0.918. The van der Waals surface area contributed by atoms with Crippen LogP contribution in [0.3, 0.4) is 0 Å². The summed E-state index contributed by atoms with van der Waals surface area (Å²) in [6.45, 7) is 4.74. The second-order valence-corrected chi connectivity index (χ2v) is 4.72. The first-order valence-corrected chi connectivity index (χ1v) is 6.53. The summed E-state index contributed by atoms with van der Waals surface area (Å²) in [6, 6.07) is 7.54. The molecule has 1 atom stereocenters. The highest BCUT2D eigenvalue weighted by molar-refractivity contribution is 6.30. The van der Waals surface area contributed by atoms with Crippen molar-refractivity contribution in [2.75, 3.05) is 20.3 Å². The lowest BCUT2D eigenvalue weighted by molar-refractivity contribution is -0.136. The molecule has 1 unspecified atom stereocenters. The molecular formula is C14H20ClNO2. The molecule has 0 aliphatic rings. The van der Waals surface area contributed by atoms with Crippen molar-refractivity contribution in [1.82, 2.24) is 4.90 Å². The van der Waals surface area contributed by atoms with E-state index in [4.69, 9.17) is 16.3 Å². The van der Waals surface area contributed by atoms with E-state index in [1.54, 1.807) is 11.9 Å². The highest BCUT2D eigenvalue weighted by Crippen LogP contribution is 2.21. The van der Waals surface area contributed by atoms with Crippen LogP contribution in [0, 0.1) is 0 Å². The van der Waals surface area contributed by atoms with Gasteiger partial charge in [0.15, 0.2) is 0 Å². The maximum Gasteiger partial charge on any atom is 0.248 e. The lowest BCUT2D eigenvalue weighted by Crippen LogP contribution is -2.32. The minimum atomic E-state index is -0.0177. The SMILES string of the molecule is CCCOCC(=O)N(C)C(C)c1cccc(Cl)c1. The number of nitrogens with zero attached hydrogens (tertiary/aromatic N) is 1. The highest BCUT2D eigenvalue weighted by atomic mass is 35.5. The Morgan fingerprint density at radius 1 is 1.50 bits per heavy atom. The van der Waals surface area contributed by atoms with E-state index in [0.717, 1.165) is 12.0 Å². The van der Waals surface area contributed by atoms with Crippen LogP contribution in [-0.2, 0) is 9.53 Å². The Kier molecular flexibility index (Phi) is 6.16. The number of likely N-dealkylation sites (N-methyl/N-ethyl adjacent to an activating group) is 1. The zero-order chi connectivity index (χ0) is 13.5. The molecular weight excluding hydrogens is 250 g/mol. The van der Waals surface area contributed by atoms with E-state index in [2.05, 4.69) is 0 Å². The number of hydrogen-bond donors (Lipinski definition) is 0. The molecule has 1 aromatic carbocycles. The predicted molar refractivity (Wildman–Crippen MR) is 73.7 cm³/mol. The standard InChI is InChI=1S/C14H20ClNO2/c1-4-8-18-10-14(17)16(3)11(2)12-6-5-7-13(15)9-12/h5-7,9,11H,4,8,10H2,1-3H3. The molecule has 0 saturated carbocycles. The first kappa shape index (κ1) is 15.0. The fourth-order valence-corrected chi connectivity index (χ4v) is 1.81. The fraction of sp³-hybridized carbons (Fsp3) is 0.500. The van der Waals surface area contributed by atoms with Gasteiger partial charge in [0.2, 0.25) is 5.91 Å². The lowest BCUT2D eigenvalue weighted by Gasteiger charge is -2.25.